The molecule has 1 N–H and O–H groups in total. The summed E-state index contributed by atoms with van der Waals surface area (Å²) in [5.41, 5.74) is 3.54. The van der Waals surface area contributed by atoms with Crippen molar-refractivity contribution in [3.05, 3.63) is 69.9 Å². The molecule has 0 radical (unpaired) electrons. The third-order valence-corrected chi connectivity index (χ3v) is 4.79. The highest BCUT2D eigenvalue weighted by atomic mass is 32.1. The molecule has 2 amide bonds. The zero-order valence-corrected chi connectivity index (χ0v) is 16.9. The van der Waals surface area contributed by atoms with E-state index in [-0.39, 0.29) is 24.1 Å². The fraction of sp³-hybridized carbons (Fsp3) is 0.190. The number of nitriles is 1. The van der Waals surface area contributed by atoms with E-state index in [1.54, 1.807) is 53.5 Å². The Morgan fingerprint density at radius 3 is 2.59 bits per heavy atom. The number of nitrogens with one attached hydrogen (secondary N) is 1. The maximum Gasteiger partial charge on any atom is 0.233 e. The number of carbonyl (C=O) groups excluding carboxylic acids is 2. The summed E-state index contributed by atoms with van der Waals surface area (Å²) in [6.45, 7) is 3.62. The van der Waals surface area contributed by atoms with Crippen LogP contribution in [0.15, 0.2) is 47.2 Å². The fourth-order valence-electron chi connectivity index (χ4n) is 2.84. The van der Waals surface area contributed by atoms with Crippen LogP contribution in [-0.4, -0.2) is 21.8 Å². The van der Waals surface area contributed by atoms with Crippen molar-refractivity contribution < 1.29 is 9.59 Å². The largest absolute Gasteiger partial charge is 0.326 e. The van der Waals surface area contributed by atoms with Crippen LogP contribution in [0.1, 0.15) is 29.7 Å². The molecule has 0 saturated heterocycles. The lowest BCUT2D eigenvalue weighted by molar-refractivity contribution is -0.118. The third kappa shape index (κ3) is 5.46. The summed E-state index contributed by atoms with van der Waals surface area (Å²) in [7, 11) is 0. The summed E-state index contributed by atoms with van der Waals surface area (Å²) in [5.74, 6) is -0.251. The monoisotopic (exact) mass is 405 g/mol. The predicted octanol–water partition coefficient (Wildman–Crippen LogP) is 3.45. The number of benzene rings is 1. The Hall–Kier alpha value is -3.57. The van der Waals surface area contributed by atoms with Crippen LogP contribution in [0.2, 0.25) is 0 Å². The number of nitrogens with zero attached hydrogens (tertiary/aromatic N) is 4. The molecule has 0 aliphatic heterocycles. The Bertz CT molecular complexity index is 1060. The van der Waals surface area contributed by atoms with Crippen molar-refractivity contribution >= 4 is 34.5 Å². The minimum atomic E-state index is -0.156. The minimum Gasteiger partial charge on any atom is -0.326 e. The number of hydrogen-bond acceptors (Lipinski definition) is 6. The first-order valence-electron chi connectivity index (χ1n) is 8.88. The average Bonchev–Trinajstić information content (AvgIpc) is 3.19. The van der Waals surface area contributed by atoms with E-state index in [9.17, 15) is 9.59 Å². The summed E-state index contributed by atoms with van der Waals surface area (Å²) in [4.78, 5) is 34.2. The lowest BCUT2D eigenvalue weighted by Crippen LogP contribution is -2.32. The molecule has 0 aliphatic carbocycles. The second kappa shape index (κ2) is 9.08. The van der Waals surface area contributed by atoms with Crippen LogP contribution < -0.4 is 10.2 Å². The standard InChI is InChI=1S/C21H19N5O2S/c1-14-9-18(25-20(11-22)23-14)10-21(28)26(12-16-7-8-29-13-16)19-5-3-17(4-6-19)24-15(2)27/h3-9,13H,10,12H2,1-2H3,(H,24,27). The quantitative estimate of drug-likeness (QED) is 0.677. The van der Waals surface area contributed by atoms with Gasteiger partial charge in [-0.2, -0.15) is 16.6 Å². The number of hydrogen-bond donors (Lipinski definition) is 1. The average molecular weight is 405 g/mol. The molecule has 7 nitrogen and oxygen atoms in total. The van der Waals surface area contributed by atoms with Gasteiger partial charge in [0.2, 0.25) is 17.6 Å². The number of carbonyl (C=O) groups is 2. The van der Waals surface area contributed by atoms with Gasteiger partial charge >= 0.3 is 0 Å². The number of aromatic nitrogens is 2. The molecule has 146 valence electrons. The molecule has 2 aromatic heterocycles. The zero-order valence-electron chi connectivity index (χ0n) is 16.0. The van der Waals surface area contributed by atoms with Gasteiger partial charge in [-0.05, 0) is 59.6 Å². The van der Waals surface area contributed by atoms with Gasteiger partial charge in [0, 0.05) is 24.0 Å². The van der Waals surface area contributed by atoms with Gasteiger partial charge in [0.1, 0.15) is 6.07 Å². The summed E-state index contributed by atoms with van der Waals surface area (Å²) >= 11 is 1.57. The van der Waals surface area contributed by atoms with E-state index in [1.807, 2.05) is 22.9 Å². The van der Waals surface area contributed by atoms with Gasteiger partial charge in [0.05, 0.1) is 18.7 Å². The summed E-state index contributed by atoms with van der Waals surface area (Å²) in [5, 5.41) is 15.7. The predicted molar refractivity (Wildman–Crippen MR) is 111 cm³/mol. The van der Waals surface area contributed by atoms with E-state index < -0.39 is 0 Å². The molecule has 0 aliphatic rings. The third-order valence-electron chi connectivity index (χ3n) is 4.06. The number of amides is 2. The fourth-order valence-corrected chi connectivity index (χ4v) is 3.50. The Labute approximate surface area is 172 Å². The number of anilines is 2. The van der Waals surface area contributed by atoms with E-state index in [2.05, 4.69) is 15.3 Å². The van der Waals surface area contributed by atoms with Crippen molar-refractivity contribution in [3.63, 3.8) is 0 Å². The number of thiophene rings is 1. The van der Waals surface area contributed by atoms with Crippen LogP contribution in [0.25, 0.3) is 0 Å². The van der Waals surface area contributed by atoms with Crippen LogP contribution in [0.3, 0.4) is 0 Å². The number of rotatable bonds is 6. The van der Waals surface area contributed by atoms with Crippen LogP contribution in [-0.2, 0) is 22.6 Å². The van der Waals surface area contributed by atoms with Crippen LogP contribution in [0.4, 0.5) is 11.4 Å². The summed E-state index contributed by atoms with van der Waals surface area (Å²) < 4.78 is 0. The molecule has 0 saturated carbocycles. The Kier molecular flexibility index (Phi) is 6.32. The Morgan fingerprint density at radius 2 is 1.97 bits per heavy atom. The molecule has 29 heavy (non-hydrogen) atoms. The molecular weight excluding hydrogens is 386 g/mol. The molecular formula is C21H19N5O2S. The Balaban J connectivity index is 1.87. The molecule has 3 aromatic rings. The second-order valence-corrected chi connectivity index (χ2v) is 7.23. The van der Waals surface area contributed by atoms with E-state index in [0.29, 0.717) is 29.3 Å². The minimum absolute atomic E-state index is 0.0512. The van der Waals surface area contributed by atoms with E-state index in [1.165, 1.54) is 6.92 Å². The van der Waals surface area contributed by atoms with Gasteiger partial charge in [-0.1, -0.05) is 0 Å². The maximum atomic E-state index is 13.1. The lowest BCUT2D eigenvalue weighted by Gasteiger charge is -2.23. The molecule has 8 heteroatoms. The highest BCUT2D eigenvalue weighted by molar-refractivity contribution is 7.07. The highest BCUT2D eigenvalue weighted by Gasteiger charge is 2.18. The molecule has 0 unspecified atom stereocenters. The molecule has 2 heterocycles. The molecule has 3 rings (SSSR count). The smallest absolute Gasteiger partial charge is 0.233 e. The van der Waals surface area contributed by atoms with Gasteiger partial charge in [-0.3, -0.25) is 9.59 Å². The molecule has 0 fully saturated rings. The molecule has 1 aromatic carbocycles. The SMILES string of the molecule is CC(=O)Nc1ccc(N(Cc2ccsc2)C(=O)Cc2cc(C)nc(C#N)n2)cc1. The molecule has 0 spiro atoms. The molecule has 0 bridgehead atoms. The van der Waals surface area contributed by atoms with Crippen molar-refractivity contribution in [1.29, 1.82) is 5.26 Å². The maximum absolute atomic E-state index is 13.1. The lowest BCUT2D eigenvalue weighted by atomic mass is 10.2. The van der Waals surface area contributed by atoms with Crippen LogP contribution >= 0.6 is 11.3 Å². The van der Waals surface area contributed by atoms with Gasteiger partial charge in [0.25, 0.3) is 0 Å². The summed E-state index contributed by atoms with van der Waals surface area (Å²) in [6, 6.07) is 12.7. The molecule has 0 atom stereocenters. The number of aryl methyl sites for hydroxylation is 1. The summed E-state index contributed by atoms with van der Waals surface area (Å²) in [6.07, 6.45) is 0.0512. The zero-order chi connectivity index (χ0) is 20.8. The van der Waals surface area contributed by atoms with Gasteiger partial charge < -0.3 is 10.2 Å². The van der Waals surface area contributed by atoms with Crippen molar-refractivity contribution in [2.75, 3.05) is 10.2 Å². The topological polar surface area (TPSA) is 99.0 Å². The van der Waals surface area contributed by atoms with Crippen molar-refractivity contribution in [3.8, 4) is 6.07 Å². The van der Waals surface area contributed by atoms with Crippen molar-refractivity contribution in [2.24, 2.45) is 0 Å². The van der Waals surface area contributed by atoms with E-state index in [0.717, 1.165) is 5.56 Å². The van der Waals surface area contributed by atoms with E-state index in [4.69, 9.17) is 5.26 Å². The second-order valence-electron chi connectivity index (χ2n) is 6.45. The van der Waals surface area contributed by atoms with Crippen LogP contribution in [0.5, 0.6) is 0 Å². The first-order valence-corrected chi connectivity index (χ1v) is 9.82. The normalized spacial score (nSPS) is 10.2. The first kappa shape index (κ1) is 20.2. The van der Waals surface area contributed by atoms with Crippen LogP contribution in [0, 0.1) is 18.3 Å². The van der Waals surface area contributed by atoms with Gasteiger partial charge in [-0.25, -0.2) is 9.97 Å². The van der Waals surface area contributed by atoms with E-state index >= 15 is 0 Å². The first-order chi connectivity index (χ1) is 13.9. The highest BCUT2D eigenvalue weighted by Crippen LogP contribution is 2.22. The van der Waals surface area contributed by atoms with Gasteiger partial charge in [0.15, 0.2) is 0 Å². The van der Waals surface area contributed by atoms with Crippen molar-refractivity contribution in [2.45, 2.75) is 26.8 Å². The Morgan fingerprint density at radius 1 is 1.21 bits per heavy atom. The van der Waals surface area contributed by atoms with Crippen molar-refractivity contribution in [1.82, 2.24) is 9.97 Å². The van der Waals surface area contributed by atoms with Gasteiger partial charge in [-0.15, -0.1) is 0 Å².